The van der Waals surface area contributed by atoms with Crippen LogP contribution in [0.2, 0.25) is 0 Å². The van der Waals surface area contributed by atoms with Gasteiger partial charge in [0.05, 0.1) is 42.9 Å². The second kappa shape index (κ2) is 24.0. The maximum Gasteiger partial charge on any atom is 0.188 e. The second-order valence-electron chi connectivity index (χ2n) is 26.0. The van der Waals surface area contributed by atoms with E-state index in [1.54, 1.807) is 130 Å². The van der Waals surface area contributed by atoms with Crippen molar-refractivity contribution >= 4 is 118 Å². The van der Waals surface area contributed by atoms with Crippen LogP contribution in [0.15, 0.2) is 93.2 Å². The Kier molecular flexibility index (Phi) is 15.8. The number of nitrogens with one attached hydrogen (secondary N) is 4. The minimum Gasteiger partial charge on any atom is -0.348 e. The van der Waals surface area contributed by atoms with Crippen LogP contribution in [0.4, 0.5) is 15.4 Å². The lowest BCUT2D eigenvalue weighted by atomic mass is 9.79. The van der Waals surface area contributed by atoms with Crippen LogP contribution < -0.4 is 30.7 Å². The van der Waals surface area contributed by atoms with Crippen LogP contribution in [0, 0.1) is 0 Å². The Bertz CT molecular complexity index is 4380. The zero-order chi connectivity index (χ0) is 63.1. The van der Waals surface area contributed by atoms with Gasteiger partial charge in [0.2, 0.25) is 0 Å². The third kappa shape index (κ3) is 12.2. The summed E-state index contributed by atoms with van der Waals surface area (Å²) in [5.41, 5.74) is 5.66. The third-order valence-electron chi connectivity index (χ3n) is 17.8. The van der Waals surface area contributed by atoms with E-state index in [9.17, 15) is 0 Å². The quantitative estimate of drug-likeness (QED) is 0.0885. The standard InChI is InChI=1S/C21H24N8S2.C21H26N8S2.C19H19N9S2/c1-20-4-5-21(2,27-20)9-13(8-20)28(3)19-26-18-17(31-19)25-16(30-18)14-10-24-15(11-23-14)29-7-6-22-12-29;1-20(2)8-13(9-21(3,4)27-20)28(5)19-26-18-17(31-19)25-16(30-18)14-10-24-15(11-23-14)29-7-6-22-12-29;1-27(12-2-4-20-5-3-12)19-26-18-17(30-19)25-16(29-18)14-15-21-6-7-28(15)13(10-22-14)11-8-23-24-9-11/h6-7,10-13,27H,4-5,8-9H2,1-3H3;6-7,10-13,27H,8-9H2,1-5H3;6-10,12,20H,2-5H2,1H3,(H,23,24)/t13?,20-,21+;;. The van der Waals surface area contributed by atoms with Crippen LogP contribution >= 0.6 is 68.0 Å². The van der Waals surface area contributed by atoms with E-state index in [0.29, 0.717) is 18.1 Å². The van der Waals surface area contributed by atoms with Gasteiger partial charge in [0.15, 0.2) is 61.7 Å². The van der Waals surface area contributed by atoms with Crippen molar-refractivity contribution in [3.63, 3.8) is 0 Å². The molecule has 31 heteroatoms. The van der Waals surface area contributed by atoms with Gasteiger partial charge in [0, 0.05) is 110 Å². The van der Waals surface area contributed by atoms with Gasteiger partial charge in [0.25, 0.3) is 0 Å². The zero-order valence-corrected chi connectivity index (χ0v) is 57.2. The molecule has 2 bridgehead atoms. The number of aromatic amines is 1. The van der Waals surface area contributed by atoms with Crippen molar-refractivity contribution in [2.24, 2.45) is 0 Å². The van der Waals surface area contributed by atoms with E-state index in [1.807, 2.05) is 44.5 Å². The topological polar surface area (TPSA) is 269 Å². The van der Waals surface area contributed by atoms with Gasteiger partial charge in [0.1, 0.15) is 44.8 Å². The first-order valence-electron chi connectivity index (χ1n) is 30.6. The van der Waals surface area contributed by atoms with Crippen LogP contribution in [-0.4, -0.2) is 168 Å². The molecular formula is C61H69N25S6. The van der Waals surface area contributed by atoms with Gasteiger partial charge < -0.3 is 30.7 Å². The summed E-state index contributed by atoms with van der Waals surface area (Å²) in [5, 5.41) is 23.6. The van der Waals surface area contributed by atoms with Gasteiger partial charge in [-0.1, -0.05) is 68.0 Å². The van der Waals surface area contributed by atoms with Gasteiger partial charge in [-0.05, 0) is 106 Å². The minimum atomic E-state index is 0.0995. The normalized spacial score (nSPS) is 20.6. The monoisotopic (exact) mass is 1340 g/mol. The molecule has 4 aliphatic rings. The molecule has 0 saturated carbocycles. The number of rotatable bonds is 12. The molecular weight excluding hydrogens is 1280 g/mol. The number of imidazole rings is 3. The van der Waals surface area contributed by atoms with E-state index in [2.05, 4.69) is 138 Å². The summed E-state index contributed by atoms with van der Waals surface area (Å²) in [6.45, 7) is 16.0. The molecule has 17 rings (SSSR count). The maximum absolute atomic E-state index is 4.93. The fourth-order valence-corrected chi connectivity index (χ4v) is 19.7. The van der Waals surface area contributed by atoms with E-state index in [4.69, 9.17) is 34.9 Å². The number of piperidine rings is 3. The maximum atomic E-state index is 4.93. The largest absolute Gasteiger partial charge is 0.348 e. The Morgan fingerprint density at radius 3 is 1.47 bits per heavy atom. The third-order valence-corrected chi connectivity index (χ3v) is 24.2. The molecule has 3 atom stereocenters. The van der Waals surface area contributed by atoms with E-state index < -0.39 is 0 Å². The highest BCUT2D eigenvalue weighted by Crippen LogP contribution is 2.46. The fraction of sp³-hybridized carbons (Fsp3) is 0.426. The van der Waals surface area contributed by atoms with Gasteiger partial charge in [-0.2, -0.15) is 5.10 Å². The molecule has 1 unspecified atom stereocenters. The Balaban J connectivity index is 0.000000115. The molecule has 17 heterocycles. The number of hydrogen-bond acceptors (Lipinski definition) is 27. The van der Waals surface area contributed by atoms with Gasteiger partial charge in [-0.3, -0.25) is 18.6 Å². The smallest absolute Gasteiger partial charge is 0.188 e. The molecule has 474 valence electrons. The summed E-state index contributed by atoms with van der Waals surface area (Å²) in [6.07, 6.45) is 36.0. The van der Waals surface area contributed by atoms with E-state index in [0.717, 1.165) is 157 Å². The lowest BCUT2D eigenvalue weighted by Crippen LogP contribution is -2.61. The lowest BCUT2D eigenvalue weighted by Gasteiger charge is -2.48. The van der Waals surface area contributed by atoms with Crippen molar-refractivity contribution in [1.82, 2.24) is 109 Å². The average molecular weight is 1340 g/mol. The van der Waals surface area contributed by atoms with Gasteiger partial charge >= 0.3 is 0 Å². The molecule has 4 saturated heterocycles. The van der Waals surface area contributed by atoms with Crippen molar-refractivity contribution in [3.05, 3.63) is 93.2 Å². The highest BCUT2D eigenvalue weighted by Gasteiger charge is 2.50. The average Bonchev–Trinajstić information content (AvgIpc) is 1.61. The molecule has 0 spiro atoms. The molecule has 0 aliphatic carbocycles. The number of hydrogen-bond donors (Lipinski definition) is 4. The first kappa shape index (κ1) is 60.5. The molecule has 4 aliphatic heterocycles. The predicted molar refractivity (Wildman–Crippen MR) is 369 cm³/mol. The molecule has 0 aromatic carbocycles. The molecule has 0 radical (unpaired) electrons. The van der Waals surface area contributed by atoms with Crippen LogP contribution in [0.25, 0.3) is 89.6 Å². The summed E-state index contributed by atoms with van der Waals surface area (Å²) in [5.74, 6) is 1.47. The summed E-state index contributed by atoms with van der Waals surface area (Å²) in [4.78, 5) is 77.3. The first-order valence-corrected chi connectivity index (χ1v) is 35.5. The molecule has 0 amide bonds. The highest BCUT2D eigenvalue weighted by molar-refractivity contribution is 7.31. The van der Waals surface area contributed by atoms with E-state index >= 15 is 0 Å². The number of nitrogens with zero attached hydrogens (tertiary/aromatic N) is 21. The van der Waals surface area contributed by atoms with Crippen molar-refractivity contribution in [2.45, 2.75) is 133 Å². The molecule has 13 aromatic rings. The Labute approximate surface area is 554 Å². The Hall–Kier alpha value is -7.75. The van der Waals surface area contributed by atoms with Crippen LogP contribution in [0.1, 0.15) is 92.9 Å². The summed E-state index contributed by atoms with van der Waals surface area (Å²) in [7, 11) is 6.49. The van der Waals surface area contributed by atoms with Crippen LogP contribution in [0.5, 0.6) is 0 Å². The van der Waals surface area contributed by atoms with Gasteiger partial charge in [-0.15, -0.1) is 0 Å². The number of anilines is 3. The van der Waals surface area contributed by atoms with Crippen LogP contribution in [0.3, 0.4) is 0 Å². The molecule has 13 aromatic heterocycles. The summed E-state index contributed by atoms with van der Waals surface area (Å²) in [6, 6.07) is 1.47. The molecule has 25 nitrogen and oxygen atoms in total. The molecule has 4 fully saturated rings. The number of thiazole rings is 6. The number of H-pyrrole nitrogens is 1. The molecule has 92 heavy (non-hydrogen) atoms. The SMILES string of the molecule is CN(c1nc2sc(-c3cnc(-n4ccnc4)cn3)nc2s1)C1CC(C)(C)NC(C)(C)C1.CN(c1nc2sc(-c3cnc(-n4ccnc4)cn3)nc2s1)C1C[C@]2(C)CC[C@](C)(C1)N2.CN(c1nc2sc(-c3ncc(-c4cn[nH]c4)n4ccnc34)nc2s1)C1CCNCC1. The number of fused-ring (bicyclic) bond motifs is 6. The van der Waals surface area contributed by atoms with E-state index in [1.165, 1.54) is 12.8 Å². The predicted octanol–water partition coefficient (Wildman–Crippen LogP) is 11.1. The highest BCUT2D eigenvalue weighted by atomic mass is 32.1. The fourth-order valence-electron chi connectivity index (χ4n) is 13.6. The summed E-state index contributed by atoms with van der Waals surface area (Å²) < 4.78 is 5.67. The van der Waals surface area contributed by atoms with Crippen molar-refractivity contribution in [1.29, 1.82) is 0 Å². The first-order chi connectivity index (χ1) is 44.4. The Morgan fingerprint density at radius 1 is 0.489 bits per heavy atom. The lowest BCUT2D eigenvalue weighted by molar-refractivity contribution is 0.161. The second-order valence-corrected chi connectivity index (χ2v) is 31.8. The van der Waals surface area contributed by atoms with Crippen molar-refractivity contribution in [3.8, 4) is 55.0 Å². The number of aromatic nitrogens is 19. The van der Waals surface area contributed by atoms with Gasteiger partial charge in [-0.25, -0.2) is 69.8 Å². The minimum absolute atomic E-state index is 0.0995. The molecule has 4 N–H and O–H groups in total. The van der Waals surface area contributed by atoms with E-state index in [-0.39, 0.29) is 22.2 Å². The van der Waals surface area contributed by atoms with Crippen LogP contribution in [-0.2, 0) is 0 Å². The van der Waals surface area contributed by atoms with Crippen molar-refractivity contribution in [2.75, 3.05) is 48.9 Å². The Morgan fingerprint density at radius 2 is 0.989 bits per heavy atom. The zero-order valence-electron chi connectivity index (χ0n) is 52.3. The van der Waals surface area contributed by atoms with Crippen molar-refractivity contribution < 1.29 is 0 Å². The summed E-state index contributed by atoms with van der Waals surface area (Å²) >= 11 is 9.68.